The van der Waals surface area contributed by atoms with E-state index in [0.717, 1.165) is 0 Å². The lowest BCUT2D eigenvalue weighted by molar-refractivity contribution is -0.138. The van der Waals surface area contributed by atoms with Gasteiger partial charge in [0.1, 0.15) is 6.23 Å². The molecule has 0 saturated heterocycles. The van der Waals surface area contributed by atoms with Crippen LogP contribution in [0.5, 0.6) is 0 Å². The lowest BCUT2D eigenvalue weighted by Crippen LogP contribution is -2.28. The van der Waals surface area contributed by atoms with E-state index < -0.39 is 28.7 Å². The largest absolute Gasteiger partial charge is 0.481 e. The zero-order valence-electron chi connectivity index (χ0n) is 6.13. The van der Waals surface area contributed by atoms with Crippen molar-refractivity contribution in [2.75, 3.05) is 0 Å². The molecule has 1 atom stereocenters. The van der Waals surface area contributed by atoms with Crippen LogP contribution in [0.2, 0.25) is 0 Å². The van der Waals surface area contributed by atoms with Crippen molar-refractivity contribution < 1.29 is 22.5 Å². The maximum Gasteiger partial charge on any atom is 0.307 e. The van der Waals surface area contributed by atoms with Gasteiger partial charge in [-0.15, -0.1) is 0 Å². The molecule has 70 valence electrons. The SMILES string of the molecule is C=CS(=O)(=O)OC(N)CC(=O)O. The van der Waals surface area contributed by atoms with Crippen LogP contribution in [0.1, 0.15) is 6.42 Å². The molecular weight excluding hydrogens is 186 g/mol. The van der Waals surface area contributed by atoms with Gasteiger partial charge in [0.15, 0.2) is 0 Å². The number of nitrogens with two attached hydrogens (primary N) is 1. The van der Waals surface area contributed by atoms with Crippen LogP contribution in [0.15, 0.2) is 12.0 Å². The molecule has 1 unspecified atom stereocenters. The Hall–Kier alpha value is -0.920. The molecule has 0 heterocycles. The molecule has 0 aliphatic carbocycles. The monoisotopic (exact) mass is 195 g/mol. The maximum absolute atomic E-state index is 10.6. The third kappa shape index (κ3) is 4.83. The highest BCUT2D eigenvalue weighted by Crippen LogP contribution is 1.99. The summed E-state index contributed by atoms with van der Waals surface area (Å²) in [6.07, 6.45) is -1.95. The number of rotatable bonds is 5. The first-order valence-electron chi connectivity index (χ1n) is 2.90. The second kappa shape index (κ2) is 4.19. The van der Waals surface area contributed by atoms with Gasteiger partial charge in [-0.2, -0.15) is 8.42 Å². The zero-order chi connectivity index (χ0) is 9.78. The Bertz CT molecular complexity index is 270. The van der Waals surface area contributed by atoms with Crippen molar-refractivity contribution in [1.82, 2.24) is 0 Å². The van der Waals surface area contributed by atoms with Crippen LogP contribution >= 0.6 is 0 Å². The van der Waals surface area contributed by atoms with Gasteiger partial charge in [0, 0.05) is 0 Å². The lowest BCUT2D eigenvalue weighted by atomic mass is 10.4. The number of carboxylic acids is 1. The fourth-order valence-electron chi connectivity index (χ4n) is 0.418. The molecule has 0 fully saturated rings. The van der Waals surface area contributed by atoms with Crippen LogP contribution < -0.4 is 5.73 Å². The highest BCUT2D eigenvalue weighted by Gasteiger charge is 2.15. The van der Waals surface area contributed by atoms with E-state index in [1.807, 2.05) is 0 Å². The molecule has 0 aliphatic rings. The minimum atomic E-state index is -3.89. The Labute approximate surface area is 69.8 Å². The van der Waals surface area contributed by atoms with Gasteiger partial charge in [-0.3, -0.25) is 4.79 Å². The molecule has 0 amide bonds. The molecule has 3 N–H and O–H groups in total. The van der Waals surface area contributed by atoms with Crippen molar-refractivity contribution in [1.29, 1.82) is 0 Å². The summed E-state index contributed by atoms with van der Waals surface area (Å²) in [4.78, 5) is 10.0. The van der Waals surface area contributed by atoms with E-state index in [-0.39, 0.29) is 0 Å². The van der Waals surface area contributed by atoms with Crippen LogP contribution in [0.4, 0.5) is 0 Å². The predicted molar refractivity (Wildman–Crippen MR) is 40.4 cm³/mol. The van der Waals surface area contributed by atoms with E-state index in [4.69, 9.17) is 10.8 Å². The van der Waals surface area contributed by atoms with E-state index in [1.165, 1.54) is 0 Å². The van der Waals surface area contributed by atoms with E-state index >= 15 is 0 Å². The van der Waals surface area contributed by atoms with Crippen molar-refractivity contribution in [3.8, 4) is 0 Å². The fraction of sp³-hybridized carbons (Fsp3) is 0.400. The quantitative estimate of drug-likeness (QED) is 0.441. The van der Waals surface area contributed by atoms with E-state index in [2.05, 4.69) is 10.8 Å². The zero-order valence-corrected chi connectivity index (χ0v) is 6.95. The van der Waals surface area contributed by atoms with Crippen LogP contribution in [0.25, 0.3) is 0 Å². The molecule has 0 spiro atoms. The Kier molecular flexibility index (Phi) is 3.87. The van der Waals surface area contributed by atoms with Crippen LogP contribution in [0.3, 0.4) is 0 Å². The van der Waals surface area contributed by atoms with E-state index in [0.29, 0.717) is 5.41 Å². The first-order valence-corrected chi connectivity index (χ1v) is 4.37. The predicted octanol–water partition coefficient (Wildman–Crippen LogP) is -0.764. The third-order valence-electron chi connectivity index (χ3n) is 0.838. The van der Waals surface area contributed by atoms with Gasteiger partial charge in [-0.1, -0.05) is 6.58 Å². The van der Waals surface area contributed by atoms with E-state index in [1.54, 1.807) is 0 Å². The van der Waals surface area contributed by atoms with Gasteiger partial charge in [0.05, 0.1) is 11.8 Å². The summed E-state index contributed by atoms with van der Waals surface area (Å²) in [5, 5.41) is 8.72. The Morgan fingerprint density at radius 2 is 2.25 bits per heavy atom. The summed E-state index contributed by atoms with van der Waals surface area (Å²) in [5.41, 5.74) is 5.01. The molecule has 0 bridgehead atoms. The van der Waals surface area contributed by atoms with Crippen molar-refractivity contribution in [2.24, 2.45) is 5.73 Å². The summed E-state index contributed by atoms with van der Waals surface area (Å²) in [7, 11) is -3.89. The van der Waals surface area contributed by atoms with Gasteiger partial charge in [-0.25, -0.2) is 4.18 Å². The number of hydrogen-bond acceptors (Lipinski definition) is 5. The number of carbonyl (C=O) groups is 1. The molecule has 0 aromatic heterocycles. The molecular formula is C5H9NO5S. The average molecular weight is 195 g/mol. The molecule has 0 saturated carbocycles. The summed E-state index contributed by atoms with van der Waals surface area (Å²) in [6, 6.07) is 0. The lowest BCUT2D eigenvalue weighted by Gasteiger charge is -2.07. The van der Waals surface area contributed by atoms with Crippen LogP contribution in [-0.4, -0.2) is 25.7 Å². The van der Waals surface area contributed by atoms with Gasteiger partial charge >= 0.3 is 5.97 Å². The summed E-state index contributed by atoms with van der Waals surface area (Å²) in [5.74, 6) is -1.23. The van der Waals surface area contributed by atoms with Crippen molar-refractivity contribution in [3.63, 3.8) is 0 Å². The molecule has 0 aromatic rings. The van der Waals surface area contributed by atoms with Crippen LogP contribution in [-0.2, 0) is 19.1 Å². The molecule has 6 nitrogen and oxygen atoms in total. The Balaban J connectivity index is 4.10. The second-order valence-corrected chi connectivity index (χ2v) is 3.40. The smallest absolute Gasteiger partial charge is 0.307 e. The number of hydrogen-bond donors (Lipinski definition) is 2. The maximum atomic E-state index is 10.6. The molecule has 0 aliphatic heterocycles. The van der Waals surface area contributed by atoms with Gasteiger partial charge < -0.3 is 10.8 Å². The third-order valence-corrected chi connectivity index (χ3v) is 1.76. The Morgan fingerprint density at radius 1 is 1.75 bits per heavy atom. The molecule has 0 rings (SSSR count). The van der Waals surface area contributed by atoms with Gasteiger partial charge in [-0.05, 0) is 0 Å². The van der Waals surface area contributed by atoms with Crippen molar-refractivity contribution in [3.05, 3.63) is 12.0 Å². The highest BCUT2D eigenvalue weighted by atomic mass is 32.2. The van der Waals surface area contributed by atoms with Crippen LogP contribution in [0, 0.1) is 0 Å². The van der Waals surface area contributed by atoms with Gasteiger partial charge in [0.2, 0.25) is 0 Å². The normalized spacial score (nSPS) is 13.8. The van der Waals surface area contributed by atoms with Crippen molar-refractivity contribution in [2.45, 2.75) is 12.6 Å². The first kappa shape index (κ1) is 11.1. The summed E-state index contributed by atoms with van der Waals surface area (Å²) >= 11 is 0. The molecule has 0 aromatic carbocycles. The molecule has 0 radical (unpaired) electrons. The topological polar surface area (TPSA) is 107 Å². The van der Waals surface area contributed by atoms with Crippen molar-refractivity contribution >= 4 is 16.1 Å². The first-order chi connectivity index (χ1) is 5.37. The highest BCUT2D eigenvalue weighted by molar-refractivity contribution is 7.89. The molecule has 7 heteroatoms. The fourth-order valence-corrected chi connectivity index (χ4v) is 0.909. The average Bonchev–Trinajstić information content (AvgIpc) is 1.84. The summed E-state index contributed by atoms with van der Waals surface area (Å²) < 4.78 is 25.3. The second-order valence-electron chi connectivity index (χ2n) is 1.89. The molecule has 12 heavy (non-hydrogen) atoms. The van der Waals surface area contributed by atoms with Gasteiger partial charge in [0.25, 0.3) is 10.1 Å². The minimum absolute atomic E-state index is 0.550. The Morgan fingerprint density at radius 3 is 2.58 bits per heavy atom. The number of aliphatic carboxylic acids is 1. The minimum Gasteiger partial charge on any atom is -0.481 e. The number of carboxylic acid groups (broad SMARTS) is 1. The standard InChI is InChI=1S/C5H9NO5S/c1-2-12(9,10)11-4(6)3-5(7)8/h2,4H,1,3,6H2,(H,7,8). The summed E-state index contributed by atoms with van der Waals surface area (Å²) in [6.45, 7) is 2.95. The van der Waals surface area contributed by atoms with E-state index in [9.17, 15) is 13.2 Å².